The van der Waals surface area contributed by atoms with Gasteiger partial charge in [0.05, 0.1) is 10.9 Å². The first kappa shape index (κ1) is 16.8. The van der Waals surface area contributed by atoms with E-state index in [0.717, 1.165) is 29.1 Å². The molecule has 0 aromatic heterocycles. The first-order valence-electron chi connectivity index (χ1n) is 7.45. The van der Waals surface area contributed by atoms with Gasteiger partial charge in [0.1, 0.15) is 0 Å². The maximum absolute atomic E-state index is 12.1. The van der Waals surface area contributed by atoms with Crippen LogP contribution < -0.4 is 10.6 Å². The van der Waals surface area contributed by atoms with Crippen molar-refractivity contribution in [3.05, 3.63) is 23.8 Å². The topological polar surface area (TPSA) is 61.4 Å². The van der Waals surface area contributed by atoms with Crippen LogP contribution in [0.4, 0.5) is 5.69 Å². The largest absolute Gasteiger partial charge is 0.356 e. The Labute approximate surface area is 135 Å². The van der Waals surface area contributed by atoms with Gasteiger partial charge in [-0.2, -0.15) is 0 Å². The van der Waals surface area contributed by atoms with Crippen LogP contribution in [-0.4, -0.2) is 49.1 Å². The lowest BCUT2D eigenvalue weighted by Crippen LogP contribution is -2.35. The number of hydrogen-bond donors (Lipinski definition) is 2. The number of carbonyl (C=O) groups excluding carboxylic acids is 2. The number of fused-ring (bicyclic) bond motifs is 1. The lowest BCUT2D eigenvalue weighted by atomic mass is 10.2. The Balaban J connectivity index is 1.84. The number of amides is 2. The minimum Gasteiger partial charge on any atom is -0.356 e. The minimum atomic E-state index is -0.357. The Hall–Kier alpha value is -1.53. The normalized spacial score (nSPS) is 17.1. The molecule has 2 N–H and O–H groups in total. The fourth-order valence-electron chi connectivity index (χ4n) is 2.26. The average molecular weight is 321 g/mol. The van der Waals surface area contributed by atoms with E-state index in [2.05, 4.69) is 15.5 Å². The standard InChI is InChI=1S/C16H23N3O2S/c1-11-5-6-13-12(9-11)18-16(21)14(22-13)10-15(20)17-7-4-8-19(2)3/h5-6,9,14H,4,7-8,10H2,1-3H3,(H,17,20)(H,18,21). The molecule has 0 spiro atoms. The molecule has 0 aliphatic carbocycles. The van der Waals surface area contributed by atoms with Gasteiger partial charge in [0.15, 0.2) is 0 Å². The van der Waals surface area contributed by atoms with Crippen molar-refractivity contribution < 1.29 is 9.59 Å². The van der Waals surface area contributed by atoms with Gasteiger partial charge in [-0.3, -0.25) is 9.59 Å². The van der Waals surface area contributed by atoms with Crippen LogP contribution in [0.2, 0.25) is 0 Å². The van der Waals surface area contributed by atoms with Gasteiger partial charge in [-0.05, 0) is 51.7 Å². The van der Waals surface area contributed by atoms with Crippen molar-refractivity contribution in [3.8, 4) is 0 Å². The van der Waals surface area contributed by atoms with Gasteiger partial charge in [0, 0.05) is 17.9 Å². The molecular weight excluding hydrogens is 298 g/mol. The lowest BCUT2D eigenvalue weighted by molar-refractivity contribution is -0.124. The summed E-state index contributed by atoms with van der Waals surface area (Å²) in [6.45, 7) is 3.57. The molecule has 22 heavy (non-hydrogen) atoms. The van der Waals surface area contributed by atoms with E-state index in [4.69, 9.17) is 0 Å². The molecule has 1 atom stereocenters. The number of nitrogens with zero attached hydrogens (tertiary/aromatic N) is 1. The van der Waals surface area contributed by atoms with E-state index in [0.29, 0.717) is 6.54 Å². The number of benzene rings is 1. The van der Waals surface area contributed by atoms with E-state index in [9.17, 15) is 9.59 Å². The SMILES string of the molecule is Cc1ccc2c(c1)NC(=O)C(CC(=O)NCCCN(C)C)S2. The Kier molecular flexibility index (Phi) is 5.85. The average Bonchev–Trinajstić information content (AvgIpc) is 2.44. The van der Waals surface area contributed by atoms with E-state index in [-0.39, 0.29) is 23.5 Å². The van der Waals surface area contributed by atoms with Crippen LogP contribution in [0.3, 0.4) is 0 Å². The number of hydrogen-bond acceptors (Lipinski definition) is 4. The number of nitrogens with one attached hydrogen (secondary N) is 2. The third kappa shape index (κ3) is 4.74. The molecule has 120 valence electrons. The van der Waals surface area contributed by atoms with Gasteiger partial charge >= 0.3 is 0 Å². The molecule has 0 saturated carbocycles. The third-order valence-corrected chi connectivity index (χ3v) is 4.70. The van der Waals surface area contributed by atoms with Crippen molar-refractivity contribution in [3.63, 3.8) is 0 Å². The summed E-state index contributed by atoms with van der Waals surface area (Å²) in [7, 11) is 4.01. The number of rotatable bonds is 6. The molecule has 1 aromatic carbocycles. The second-order valence-corrected chi connectivity index (χ2v) is 7.05. The summed E-state index contributed by atoms with van der Waals surface area (Å²) in [4.78, 5) is 27.2. The van der Waals surface area contributed by atoms with Gasteiger partial charge in [0.25, 0.3) is 0 Å². The predicted octanol–water partition coefficient (Wildman–Crippen LogP) is 1.87. The third-order valence-electron chi connectivity index (χ3n) is 3.43. The van der Waals surface area contributed by atoms with E-state index < -0.39 is 0 Å². The molecule has 1 unspecified atom stereocenters. The monoisotopic (exact) mass is 321 g/mol. The van der Waals surface area contributed by atoms with Gasteiger partial charge in [-0.25, -0.2) is 0 Å². The molecule has 0 radical (unpaired) electrons. The molecule has 1 aromatic rings. The van der Waals surface area contributed by atoms with Gasteiger partial charge in [-0.1, -0.05) is 6.07 Å². The summed E-state index contributed by atoms with van der Waals surface area (Å²) in [5.74, 6) is -0.159. The Morgan fingerprint density at radius 1 is 1.41 bits per heavy atom. The van der Waals surface area contributed by atoms with Gasteiger partial charge in [0.2, 0.25) is 11.8 Å². The summed E-state index contributed by atoms with van der Waals surface area (Å²) in [5.41, 5.74) is 1.95. The molecule has 0 saturated heterocycles. The molecule has 1 aliphatic heterocycles. The van der Waals surface area contributed by atoms with Crippen molar-refractivity contribution in [1.29, 1.82) is 0 Å². The zero-order valence-corrected chi connectivity index (χ0v) is 14.1. The zero-order chi connectivity index (χ0) is 16.1. The van der Waals surface area contributed by atoms with Crippen LogP contribution in [0.25, 0.3) is 0 Å². The molecule has 6 heteroatoms. The molecule has 1 heterocycles. The highest BCUT2D eigenvalue weighted by molar-refractivity contribution is 8.01. The summed E-state index contributed by atoms with van der Waals surface area (Å²) in [6, 6.07) is 5.97. The number of anilines is 1. The molecule has 2 rings (SSSR count). The van der Waals surface area contributed by atoms with Crippen LogP contribution in [0.15, 0.2) is 23.1 Å². The van der Waals surface area contributed by atoms with Crippen LogP contribution in [-0.2, 0) is 9.59 Å². The van der Waals surface area contributed by atoms with Crippen molar-refractivity contribution >= 4 is 29.3 Å². The molecule has 0 bridgehead atoms. The number of carbonyl (C=O) groups is 2. The van der Waals surface area contributed by atoms with E-state index in [1.807, 2.05) is 39.2 Å². The van der Waals surface area contributed by atoms with Crippen molar-refractivity contribution in [2.45, 2.75) is 29.9 Å². The summed E-state index contributed by atoms with van der Waals surface area (Å²) in [5, 5.41) is 5.41. The Bertz CT molecular complexity index is 560. The van der Waals surface area contributed by atoms with Crippen LogP contribution in [0.1, 0.15) is 18.4 Å². The molecule has 0 fully saturated rings. The van der Waals surface area contributed by atoms with Crippen molar-refractivity contribution in [2.24, 2.45) is 0 Å². The van der Waals surface area contributed by atoms with Crippen LogP contribution in [0.5, 0.6) is 0 Å². The zero-order valence-electron chi connectivity index (χ0n) is 13.3. The molecule has 5 nitrogen and oxygen atoms in total. The van der Waals surface area contributed by atoms with Crippen LogP contribution >= 0.6 is 11.8 Å². The minimum absolute atomic E-state index is 0.0676. The summed E-state index contributed by atoms with van der Waals surface area (Å²) in [6.07, 6.45) is 1.12. The van der Waals surface area contributed by atoms with Crippen molar-refractivity contribution in [1.82, 2.24) is 10.2 Å². The summed E-state index contributed by atoms with van der Waals surface area (Å²) >= 11 is 1.47. The highest BCUT2D eigenvalue weighted by atomic mass is 32.2. The maximum atomic E-state index is 12.1. The Morgan fingerprint density at radius 2 is 2.18 bits per heavy atom. The van der Waals surface area contributed by atoms with Gasteiger partial charge < -0.3 is 15.5 Å². The van der Waals surface area contributed by atoms with E-state index >= 15 is 0 Å². The quantitative estimate of drug-likeness (QED) is 0.785. The fraction of sp³-hybridized carbons (Fsp3) is 0.500. The number of aryl methyl sites for hydroxylation is 1. The first-order chi connectivity index (χ1) is 10.5. The van der Waals surface area contributed by atoms with Crippen LogP contribution in [0, 0.1) is 6.92 Å². The second-order valence-electron chi connectivity index (χ2n) is 5.81. The Morgan fingerprint density at radius 3 is 2.91 bits per heavy atom. The van der Waals surface area contributed by atoms with Crippen molar-refractivity contribution in [2.75, 3.05) is 32.5 Å². The lowest BCUT2D eigenvalue weighted by Gasteiger charge is -2.24. The predicted molar refractivity (Wildman–Crippen MR) is 90.3 cm³/mol. The van der Waals surface area contributed by atoms with E-state index in [1.54, 1.807) is 0 Å². The van der Waals surface area contributed by atoms with E-state index in [1.165, 1.54) is 11.8 Å². The highest BCUT2D eigenvalue weighted by Gasteiger charge is 2.28. The maximum Gasteiger partial charge on any atom is 0.238 e. The fourth-order valence-corrected chi connectivity index (χ4v) is 3.35. The molecular formula is C16H23N3O2S. The molecule has 2 amide bonds. The smallest absolute Gasteiger partial charge is 0.238 e. The highest BCUT2D eigenvalue weighted by Crippen LogP contribution is 2.37. The molecule has 1 aliphatic rings. The summed E-state index contributed by atoms with van der Waals surface area (Å²) < 4.78 is 0. The van der Waals surface area contributed by atoms with Gasteiger partial charge in [-0.15, -0.1) is 11.8 Å². The second kappa shape index (κ2) is 7.65. The number of thioether (sulfide) groups is 1. The first-order valence-corrected chi connectivity index (χ1v) is 8.33.